The van der Waals surface area contributed by atoms with Crippen LogP contribution in [0.15, 0.2) is 54.6 Å². The molecular formula is C34H40N2O9. The molecule has 3 aromatic rings. The van der Waals surface area contributed by atoms with Crippen molar-refractivity contribution in [2.75, 3.05) is 40.4 Å². The van der Waals surface area contributed by atoms with Gasteiger partial charge in [0.2, 0.25) is 11.7 Å². The summed E-state index contributed by atoms with van der Waals surface area (Å²) in [5.74, 6) is 0.537. The minimum absolute atomic E-state index is 0.136. The highest BCUT2D eigenvalue weighted by Gasteiger charge is 2.35. The van der Waals surface area contributed by atoms with Crippen molar-refractivity contribution in [3.05, 3.63) is 71.3 Å². The molecule has 0 bridgehead atoms. The van der Waals surface area contributed by atoms with Gasteiger partial charge >= 0.3 is 6.09 Å². The number of amides is 2. The van der Waals surface area contributed by atoms with Crippen LogP contribution in [-0.2, 0) is 22.4 Å². The van der Waals surface area contributed by atoms with Gasteiger partial charge in [-0.2, -0.15) is 0 Å². The normalized spacial score (nSPS) is 14.7. The lowest BCUT2D eigenvalue weighted by Gasteiger charge is -2.27. The van der Waals surface area contributed by atoms with Gasteiger partial charge in [0.1, 0.15) is 28.7 Å². The predicted molar refractivity (Wildman–Crippen MR) is 168 cm³/mol. The van der Waals surface area contributed by atoms with Gasteiger partial charge in [0, 0.05) is 12.5 Å². The number of carbonyl (C=O) groups is 3. The van der Waals surface area contributed by atoms with E-state index in [0.717, 1.165) is 11.1 Å². The molecule has 2 atom stereocenters. The molecule has 0 radical (unpaired) electrons. The summed E-state index contributed by atoms with van der Waals surface area (Å²) < 4.78 is 33.3. The Morgan fingerprint density at radius 3 is 2.20 bits per heavy atom. The Morgan fingerprint density at radius 2 is 1.58 bits per heavy atom. The molecule has 1 aliphatic heterocycles. The van der Waals surface area contributed by atoms with Crippen LogP contribution in [0.5, 0.6) is 28.7 Å². The van der Waals surface area contributed by atoms with Crippen molar-refractivity contribution < 1.29 is 42.8 Å². The van der Waals surface area contributed by atoms with Gasteiger partial charge in [0.05, 0.1) is 46.7 Å². The molecule has 0 saturated heterocycles. The lowest BCUT2D eigenvalue weighted by Crippen LogP contribution is -2.47. The average molecular weight is 621 g/mol. The van der Waals surface area contributed by atoms with Crippen molar-refractivity contribution >= 4 is 23.5 Å². The summed E-state index contributed by atoms with van der Waals surface area (Å²) in [6, 6.07) is 15.3. The lowest BCUT2D eigenvalue weighted by atomic mass is 9.88. The molecular weight excluding hydrogens is 580 g/mol. The maximum Gasteiger partial charge on any atom is 0.408 e. The molecule has 45 heavy (non-hydrogen) atoms. The van der Waals surface area contributed by atoms with Crippen molar-refractivity contribution in [2.45, 2.75) is 45.3 Å². The van der Waals surface area contributed by atoms with E-state index in [9.17, 15) is 14.4 Å². The van der Waals surface area contributed by atoms with Crippen molar-refractivity contribution in [2.24, 2.45) is 5.92 Å². The summed E-state index contributed by atoms with van der Waals surface area (Å²) in [6.07, 6.45) is -0.163. The van der Waals surface area contributed by atoms with Crippen LogP contribution < -0.4 is 34.3 Å². The number of anilines is 1. The maximum absolute atomic E-state index is 13.7. The fourth-order valence-electron chi connectivity index (χ4n) is 5.10. The Labute approximate surface area is 263 Å². The Kier molecular flexibility index (Phi) is 10.4. The minimum Gasteiger partial charge on any atom is -0.495 e. The predicted octanol–water partition coefficient (Wildman–Crippen LogP) is 5.23. The number of methoxy groups -OCH3 is 4. The second-order valence-corrected chi connectivity index (χ2v) is 11.5. The highest BCUT2D eigenvalue weighted by molar-refractivity contribution is 6.05. The summed E-state index contributed by atoms with van der Waals surface area (Å²) in [5, 5.41) is 5.60. The van der Waals surface area contributed by atoms with Crippen molar-refractivity contribution in [3.8, 4) is 28.7 Å². The smallest absolute Gasteiger partial charge is 0.408 e. The Morgan fingerprint density at radius 1 is 0.889 bits per heavy atom. The molecule has 2 N–H and O–H groups in total. The van der Waals surface area contributed by atoms with Gasteiger partial charge < -0.3 is 39.1 Å². The van der Waals surface area contributed by atoms with E-state index < -0.39 is 29.6 Å². The number of ketones is 1. The average Bonchev–Trinajstić information content (AvgIpc) is 3.00. The van der Waals surface area contributed by atoms with E-state index in [4.69, 9.17) is 28.4 Å². The number of nitrogens with one attached hydrogen (secondary N) is 2. The van der Waals surface area contributed by atoms with E-state index in [1.54, 1.807) is 39.0 Å². The first-order valence-corrected chi connectivity index (χ1v) is 14.5. The van der Waals surface area contributed by atoms with Crippen LogP contribution in [0.25, 0.3) is 0 Å². The second kappa shape index (κ2) is 14.2. The molecule has 1 unspecified atom stereocenters. The molecule has 1 aliphatic rings. The number of ether oxygens (including phenoxy) is 6. The van der Waals surface area contributed by atoms with Crippen molar-refractivity contribution in [1.29, 1.82) is 0 Å². The molecule has 11 nitrogen and oxygen atoms in total. The second-order valence-electron chi connectivity index (χ2n) is 11.5. The number of rotatable bonds is 11. The Hall–Kier alpha value is -4.93. The van der Waals surface area contributed by atoms with Gasteiger partial charge in [-0.3, -0.25) is 9.59 Å². The third kappa shape index (κ3) is 7.97. The van der Waals surface area contributed by atoms with E-state index in [0.29, 0.717) is 35.1 Å². The summed E-state index contributed by atoms with van der Waals surface area (Å²) in [4.78, 5) is 40.0. The number of fused-ring (bicyclic) bond motifs is 1. The van der Waals surface area contributed by atoms with E-state index in [1.807, 2.05) is 36.4 Å². The summed E-state index contributed by atoms with van der Waals surface area (Å²) in [5.41, 5.74) is 1.55. The standard InChI is InChI=1S/C34H40N2O9/c1-34(2,3)45-33(39)36-24(16-20-11-9-8-10-12-20)32(38)35-23-17-21(13-14-25(23)40-4)15-22-19-44-26-18-27(41-5)30(42-6)31(43-7)28(26)29(22)37/h8-14,17-18,22,24H,15-16,19H2,1-7H3,(H,35,38)(H,36,39)/t22?,24-/m0/s1. The molecule has 0 spiro atoms. The fraction of sp³-hybridized carbons (Fsp3) is 0.382. The van der Waals surface area contributed by atoms with E-state index >= 15 is 0 Å². The summed E-state index contributed by atoms with van der Waals surface area (Å²) in [7, 11) is 5.91. The van der Waals surface area contributed by atoms with Crippen LogP contribution in [0.1, 0.15) is 42.3 Å². The van der Waals surface area contributed by atoms with Gasteiger partial charge in [0.15, 0.2) is 17.3 Å². The monoisotopic (exact) mass is 620 g/mol. The number of Topliss-reactive ketones (excluding diaryl/α,β-unsaturated/α-hetero) is 1. The Balaban J connectivity index is 1.57. The lowest BCUT2D eigenvalue weighted by molar-refractivity contribution is -0.118. The number of alkyl carbamates (subject to hydrolysis) is 1. The zero-order chi connectivity index (χ0) is 32.7. The van der Waals surface area contributed by atoms with Crippen LogP contribution in [0.4, 0.5) is 10.5 Å². The topological polar surface area (TPSA) is 131 Å². The molecule has 0 aromatic heterocycles. The van der Waals surface area contributed by atoms with Crippen molar-refractivity contribution in [1.82, 2.24) is 5.32 Å². The van der Waals surface area contributed by atoms with E-state index in [-0.39, 0.29) is 30.1 Å². The van der Waals surface area contributed by atoms with E-state index in [2.05, 4.69) is 10.6 Å². The van der Waals surface area contributed by atoms with E-state index in [1.165, 1.54) is 28.4 Å². The number of carbonyl (C=O) groups excluding carboxylic acids is 3. The first kappa shape index (κ1) is 33.0. The molecule has 2 amide bonds. The summed E-state index contributed by atoms with van der Waals surface area (Å²) in [6.45, 7) is 5.38. The third-order valence-electron chi connectivity index (χ3n) is 7.15. The van der Waals surface area contributed by atoms with Crippen LogP contribution in [0, 0.1) is 5.92 Å². The van der Waals surface area contributed by atoms with Crippen LogP contribution in [0.2, 0.25) is 0 Å². The zero-order valence-electron chi connectivity index (χ0n) is 26.6. The van der Waals surface area contributed by atoms with Crippen LogP contribution in [0.3, 0.4) is 0 Å². The molecule has 1 heterocycles. The number of benzene rings is 3. The first-order valence-electron chi connectivity index (χ1n) is 14.5. The molecule has 4 rings (SSSR count). The van der Waals surface area contributed by atoms with Crippen LogP contribution in [-0.4, -0.2) is 64.5 Å². The van der Waals surface area contributed by atoms with Gasteiger partial charge in [-0.15, -0.1) is 0 Å². The molecule has 3 aromatic carbocycles. The van der Waals surface area contributed by atoms with Crippen LogP contribution >= 0.6 is 0 Å². The van der Waals surface area contributed by atoms with Gasteiger partial charge in [-0.25, -0.2) is 4.79 Å². The highest BCUT2D eigenvalue weighted by atomic mass is 16.6. The largest absolute Gasteiger partial charge is 0.495 e. The Bertz CT molecular complexity index is 1530. The minimum atomic E-state index is -0.945. The zero-order valence-corrected chi connectivity index (χ0v) is 26.6. The SMILES string of the molecule is COc1ccc(CC2COc3cc(OC)c(OC)c(OC)c3C2=O)cc1NC(=O)[C@H](Cc1ccccc1)NC(=O)OC(C)(C)C. The molecule has 0 aliphatic carbocycles. The quantitative estimate of drug-likeness (QED) is 0.296. The maximum atomic E-state index is 13.7. The van der Waals surface area contributed by atoms with Gasteiger partial charge in [-0.1, -0.05) is 36.4 Å². The third-order valence-corrected chi connectivity index (χ3v) is 7.15. The number of hydrogen-bond donors (Lipinski definition) is 2. The molecule has 0 fully saturated rings. The fourth-order valence-corrected chi connectivity index (χ4v) is 5.10. The summed E-state index contributed by atoms with van der Waals surface area (Å²) >= 11 is 0. The van der Waals surface area contributed by atoms with Gasteiger partial charge in [-0.05, 0) is 50.5 Å². The van der Waals surface area contributed by atoms with Crippen molar-refractivity contribution in [3.63, 3.8) is 0 Å². The number of hydrogen-bond acceptors (Lipinski definition) is 9. The first-order chi connectivity index (χ1) is 21.5. The highest BCUT2D eigenvalue weighted by Crippen LogP contribution is 2.47. The molecule has 0 saturated carbocycles. The molecule has 240 valence electrons. The van der Waals surface area contributed by atoms with Gasteiger partial charge in [0.25, 0.3) is 0 Å². The molecule has 11 heteroatoms.